The lowest BCUT2D eigenvalue weighted by molar-refractivity contribution is 0.0923. The average molecular weight is 637 g/mol. The highest BCUT2D eigenvalue weighted by Gasteiger charge is 2.56. The van der Waals surface area contributed by atoms with Crippen molar-refractivity contribution < 1.29 is 27.0 Å². The second-order valence-corrected chi connectivity index (χ2v) is 12.1. The number of nitrogen functional groups attached to an aromatic ring is 1. The van der Waals surface area contributed by atoms with Gasteiger partial charge in [0.25, 0.3) is 5.92 Å². The summed E-state index contributed by atoms with van der Waals surface area (Å²) in [4.78, 5) is 12.5. The molecule has 8 nitrogen and oxygen atoms in total. The van der Waals surface area contributed by atoms with Crippen molar-refractivity contribution in [2.45, 2.75) is 18.8 Å². The minimum atomic E-state index is -2.34. The van der Waals surface area contributed by atoms with Gasteiger partial charge >= 0.3 is 6.01 Å². The molecule has 2 aromatic heterocycles. The van der Waals surface area contributed by atoms with Gasteiger partial charge in [-0.05, 0) is 38.2 Å². The molecule has 43 heavy (non-hydrogen) atoms. The zero-order chi connectivity index (χ0) is 31.1. The van der Waals surface area contributed by atoms with E-state index in [1.165, 1.54) is 19.2 Å². The number of hydrogen-bond donors (Lipinski definition) is 1. The maximum atomic E-state index is 16.2. The summed E-state index contributed by atoms with van der Waals surface area (Å²) in [5.74, 6) is -3.50. The number of fused-ring (bicyclic) bond motifs is 2. The first-order valence-corrected chi connectivity index (χ1v) is 14.7. The van der Waals surface area contributed by atoms with Gasteiger partial charge in [-0.25, -0.2) is 17.6 Å². The van der Waals surface area contributed by atoms with Crippen LogP contribution in [0.5, 0.6) is 6.01 Å². The standard InChI is InChI=1S/C23H18ClF2N5O2S.C6H11F2N/c1-32-23-29-19-12(22(30-23)31-5-2-7-33-8-6-31)9-14(24)17(18(19)26)11-3-4-15(25)20-16(11)13(10-27)21(28)34-20;1-9(2)4-5-3-6(5,7)8/h3-4,9H,2,5-8,28H2,1H3;5H,3-4H2,1-2H3. The first-order chi connectivity index (χ1) is 20.5. The Bertz CT molecular complexity index is 1720. The third-order valence-corrected chi connectivity index (χ3v) is 8.61. The van der Waals surface area contributed by atoms with E-state index < -0.39 is 17.6 Å². The molecule has 1 saturated heterocycles. The lowest BCUT2D eigenvalue weighted by Crippen LogP contribution is -2.27. The first kappa shape index (κ1) is 31.0. The van der Waals surface area contributed by atoms with Crippen LogP contribution < -0.4 is 15.4 Å². The van der Waals surface area contributed by atoms with Gasteiger partial charge in [0.2, 0.25) is 0 Å². The topological polar surface area (TPSA) is 101 Å². The maximum absolute atomic E-state index is 16.2. The zero-order valence-electron chi connectivity index (χ0n) is 23.7. The Morgan fingerprint density at radius 2 is 2.00 bits per heavy atom. The molecule has 0 bridgehead atoms. The average Bonchev–Trinajstić information content (AvgIpc) is 3.53. The van der Waals surface area contributed by atoms with E-state index in [0.29, 0.717) is 44.1 Å². The molecule has 2 aliphatic rings. The number of methoxy groups -OCH3 is 1. The summed E-state index contributed by atoms with van der Waals surface area (Å²) in [5, 5.41) is 10.5. The number of hydrogen-bond acceptors (Lipinski definition) is 9. The number of ether oxygens (including phenoxy) is 2. The van der Waals surface area contributed by atoms with Crippen LogP contribution >= 0.6 is 22.9 Å². The van der Waals surface area contributed by atoms with Crippen molar-refractivity contribution in [1.29, 1.82) is 5.26 Å². The molecule has 0 spiro atoms. The molecule has 0 amide bonds. The van der Waals surface area contributed by atoms with Crippen molar-refractivity contribution >= 4 is 54.7 Å². The van der Waals surface area contributed by atoms with Gasteiger partial charge in [-0.2, -0.15) is 15.2 Å². The molecule has 228 valence electrons. The first-order valence-electron chi connectivity index (χ1n) is 13.5. The van der Waals surface area contributed by atoms with E-state index in [2.05, 4.69) is 9.97 Å². The van der Waals surface area contributed by atoms with Gasteiger partial charge in [0.15, 0.2) is 5.82 Å². The second kappa shape index (κ2) is 12.3. The van der Waals surface area contributed by atoms with Crippen molar-refractivity contribution in [2.24, 2.45) is 5.92 Å². The molecule has 1 saturated carbocycles. The van der Waals surface area contributed by atoms with Gasteiger partial charge in [0.05, 0.1) is 29.0 Å². The lowest BCUT2D eigenvalue weighted by Gasteiger charge is -2.23. The van der Waals surface area contributed by atoms with Gasteiger partial charge in [-0.15, -0.1) is 11.3 Å². The van der Waals surface area contributed by atoms with E-state index in [-0.39, 0.29) is 60.7 Å². The largest absolute Gasteiger partial charge is 0.467 e. The van der Waals surface area contributed by atoms with Crippen LogP contribution in [0.3, 0.4) is 0 Å². The highest BCUT2D eigenvalue weighted by atomic mass is 35.5. The highest BCUT2D eigenvalue weighted by molar-refractivity contribution is 7.23. The van der Waals surface area contributed by atoms with Crippen molar-refractivity contribution in [2.75, 3.05) is 64.7 Å². The molecule has 2 N–H and O–H groups in total. The number of benzene rings is 2. The summed E-state index contributed by atoms with van der Waals surface area (Å²) in [6, 6.07) is 6.19. The number of nitrogens with two attached hydrogens (primary N) is 1. The fourth-order valence-electron chi connectivity index (χ4n) is 5.11. The molecule has 1 unspecified atom stereocenters. The number of anilines is 2. The van der Waals surface area contributed by atoms with Gasteiger partial charge in [0, 0.05) is 54.9 Å². The minimum Gasteiger partial charge on any atom is -0.467 e. The summed E-state index contributed by atoms with van der Waals surface area (Å²) in [6.45, 7) is 2.88. The minimum absolute atomic E-state index is 0.000584. The van der Waals surface area contributed by atoms with Crippen molar-refractivity contribution in [3.63, 3.8) is 0 Å². The van der Waals surface area contributed by atoms with E-state index in [4.69, 9.17) is 26.8 Å². The van der Waals surface area contributed by atoms with Crippen LogP contribution in [0.2, 0.25) is 5.02 Å². The van der Waals surface area contributed by atoms with Gasteiger partial charge in [-0.3, -0.25) is 0 Å². The van der Waals surface area contributed by atoms with E-state index in [1.54, 1.807) is 11.0 Å². The number of nitrogens with zero attached hydrogens (tertiary/aromatic N) is 5. The van der Waals surface area contributed by atoms with Gasteiger partial charge in [0.1, 0.15) is 28.2 Å². The Hall–Kier alpha value is -3.44. The fraction of sp³-hybridized carbons (Fsp3) is 0.414. The van der Waals surface area contributed by atoms with Crippen LogP contribution in [0, 0.1) is 28.9 Å². The van der Waals surface area contributed by atoms with E-state index in [9.17, 15) is 18.4 Å². The summed E-state index contributed by atoms with van der Waals surface area (Å²) < 4.78 is 65.9. The summed E-state index contributed by atoms with van der Waals surface area (Å²) in [6.07, 6.45) is 0.872. The Labute approximate surface area is 254 Å². The molecule has 1 aliphatic heterocycles. The molecule has 4 aromatic rings. The third kappa shape index (κ3) is 6.15. The second-order valence-electron chi connectivity index (χ2n) is 10.6. The number of halogens is 5. The number of rotatable bonds is 5. The monoisotopic (exact) mass is 636 g/mol. The number of nitriles is 1. The smallest absolute Gasteiger partial charge is 0.318 e. The number of aromatic nitrogens is 2. The quantitative estimate of drug-likeness (QED) is 0.254. The Morgan fingerprint density at radius 3 is 2.63 bits per heavy atom. The molecule has 0 radical (unpaired) electrons. The summed E-state index contributed by atoms with van der Waals surface area (Å²) in [5.41, 5.74) is 6.29. The molecule has 2 fully saturated rings. The Kier molecular flexibility index (Phi) is 8.85. The third-order valence-electron chi connectivity index (χ3n) is 7.29. The predicted octanol–water partition coefficient (Wildman–Crippen LogP) is 6.34. The zero-order valence-corrected chi connectivity index (χ0v) is 25.3. The molecule has 3 heterocycles. The van der Waals surface area contributed by atoms with E-state index in [0.717, 1.165) is 17.8 Å². The van der Waals surface area contributed by atoms with Crippen molar-refractivity contribution in [1.82, 2.24) is 14.9 Å². The predicted molar refractivity (Wildman–Crippen MR) is 160 cm³/mol. The summed E-state index contributed by atoms with van der Waals surface area (Å²) in [7, 11) is 5.03. The van der Waals surface area contributed by atoms with Crippen LogP contribution in [-0.2, 0) is 4.74 Å². The van der Waals surface area contributed by atoms with Crippen molar-refractivity contribution in [3.8, 4) is 23.2 Å². The SMILES string of the molecule is CN(C)CC1CC1(F)F.COc1nc(N2CCCOCC2)c2cc(Cl)c(-c3ccc(F)c4sc(N)c(C#N)c34)c(F)c2n1. The van der Waals surface area contributed by atoms with Crippen LogP contribution in [0.4, 0.5) is 28.4 Å². The van der Waals surface area contributed by atoms with E-state index >= 15 is 4.39 Å². The van der Waals surface area contributed by atoms with E-state index in [1.807, 2.05) is 25.1 Å². The molecule has 2 aromatic carbocycles. The Balaban J connectivity index is 0.000000351. The van der Waals surface area contributed by atoms with Crippen LogP contribution in [0.15, 0.2) is 18.2 Å². The van der Waals surface area contributed by atoms with Gasteiger partial charge < -0.3 is 25.0 Å². The van der Waals surface area contributed by atoms with Crippen molar-refractivity contribution in [3.05, 3.63) is 40.4 Å². The fourth-order valence-corrected chi connectivity index (χ4v) is 6.36. The normalized spacial score (nSPS) is 17.9. The van der Waals surface area contributed by atoms with Gasteiger partial charge in [-0.1, -0.05) is 17.7 Å². The molecule has 1 atom stereocenters. The Morgan fingerprint density at radius 1 is 1.26 bits per heavy atom. The number of alkyl halides is 2. The van der Waals surface area contributed by atoms with Crippen LogP contribution in [-0.4, -0.2) is 74.8 Å². The number of thiophene rings is 1. The molecular formula is C29H29ClF4N6O2S. The highest BCUT2D eigenvalue weighted by Crippen LogP contribution is 2.48. The lowest BCUT2D eigenvalue weighted by atomic mass is 9.97. The van der Waals surface area contributed by atoms with Crippen LogP contribution in [0.1, 0.15) is 18.4 Å². The van der Waals surface area contributed by atoms with Crippen LogP contribution in [0.25, 0.3) is 32.1 Å². The molecule has 6 rings (SSSR count). The molecular weight excluding hydrogens is 608 g/mol. The summed E-state index contributed by atoms with van der Waals surface area (Å²) >= 11 is 7.56. The molecule has 14 heteroatoms. The maximum Gasteiger partial charge on any atom is 0.318 e. The molecule has 1 aliphatic carbocycles.